The molecule has 0 unspecified atom stereocenters. The fraction of sp³-hybridized carbons (Fsp3) is 0.148. The third-order valence-electron chi connectivity index (χ3n) is 5.70. The minimum absolute atomic E-state index is 0.0153. The van der Waals surface area contributed by atoms with Gasteiger partial charge in [-0.3, -0.25) is 14.4 Å². The molecule has 0 atom stereocenters. The third-order valence-corrected chi connectivity index (χ3v) is 6.46. The molecular formula is C27H23Cl2N3O3. The molecule has 3 aromatic carbocycles. The van der Waals surface area contributed by atoms with E-state index in [1.54, 1.807) is 47.4 Å². The number of hydrogen-bond acceptors (Lipinski definition) is 4. The summed E-state index contributed by atoms with van der Waals surface area (Å²) in [7, 11) is 0. The first-order valence-electron chi connectivity index (χ1n) is 11.1. The van der Waals surface area contributed by atoms with Crippen LogP contribution in [0.15, 0.2) is 83.5 Å². The van der Waals surface area contributed by atoms with Crippen molar-refractivity contribution < 1.29 is 14.4 Å². The van der Waals surface area contributed by atoms with Crippen molar-refractivity contribution in [1.29, 1.82) is 0 Å². The van der Waals surface area contributed by atoms with Crippen molar-refractivity contribution >= 4 is 58.0 Å². The lowest BCUT2D eigenvalue weighted by Gasteiger charge is -2.21. The molecule has 35 heavy (non-hydrogen) atoms. The van der Waals surface area contributed by atoms with Crippen LogP contribution < -0.4 is 15.1 Å². The van der Waals surface area contributed by atoms with Gasteiger partial charge in [-0.1, -0.05) is 59.6 Å². The molecule has 0 saturated carbocycles. The number of hydrogen-bond donors (Lipinski definition) is 1. The van der Waals surface area contributed by atoms with Gasteiger partial charge in [-0.25, -0.2) is 4.90 Å². The molecule has 1 aliphatic rings. The zero-order valence-corrected chi connectivity index (χ0v) is 20.7. The molecule has 0 bridgehead atoms. The summed E-state index contributed by atoms with van der Waals surface area (Å²) in [4.78, 5) is 41.2. The zero-order valence-electron chi connectivity index (χ0n) is 19.2. The van der Waals surface area contributed by atoms with E-state index in [1.807, 2.05) is 44.2 Å². The van der Waals surface area contributed by atoms with Crippen LogP contribution in [0.3, 0.4) is 0 Å². The number of rotatable bonds is 7. The number of carbonyl (C=O) groups excluding carboxylic acids is 3. The van der Waals surface area contributed by atoms with Gasteiger partial charge >= 0.3 is 0 Å². The molecule has 3 aromatic rings. The number of para-hydroxylation sites is 1. The first-order chi connectivity index (χ1) is 16.8. The number of nitrogens with zero attached hydrogens (tertiary/aromatic N) is 2. The fourth-order valence-electron chi connectivity index (χ4n) is 3.80. The van der Waals surface area contributed by atoms with Crippen molar-refractivity contribution in [3.63, 3.8) is 0 Å². The molecule has 1 aliphatic heterocycles. The molecule has 178 valence electrons. The van der Waals surface area contributed by atoms with Gasteiger partial charge in [0.25, 0.3) is 11.8 Å². The minimum Gasteiger partial charge on any atom is -0.350 e. The van der Waals surface area contributed by atoms with E-state index in [0.717, 1.165) is 21.7 Å². The number of amides is 3. The van der Waals surface area contributed by atoms with E-state index in [4.69, 9.17) is 23.2 Å². The van der Waals surface area contributed by atoms with Gasteiger partial charge in [-0.2, -0.15) is 0 Å². The highest BCUT2D eigenvalue weighted by atomic mass is 35.5. The molecule has 0 fully saturated rings. The monoisotopic (exact) mass is 507 g/mol. The Balaban J connectivity index is 1.46. The van der Waals surface area contributed by atoms with Gasteiger partial charge in [0.05, 0.1) is 12.1 Å². The third kappa shape index (κ3) is 5.09. The van der Waals surface area contributed by atoms with Crippen LogP contribution in [-0.4, -0.2) is 24.3 Å². The SMILES string of the molecule is CCN(C(=O)Cc1ccc(NC2=C(Cl)C(=O)N(c3ccc(C)c(Cl)c3)C2=O)cc1)c1ccccc1. The van der Waals surface area contributed by atoms with Crippen LogP contribution in [-0.2, 0) is 20.8 Å². The van der Waals surface area contributed by atoms with Crippen LogP contribution in [0.2, 0.25) is 5.02 Å². The average Bonchev–Trinajstić information content (AvgIpc) is 3.06. The van der Waals surface area contributed by atoms with E-state index < -0.39 is 11.8 Å². The van der Waals surface area contributed by atoms with Gasteiger partial charge in [-0.15, -0.1) is 0 Å². The summed E-state index contributed by atoms with van der Waals surface area (Å²) in [6.45, 7) is 4.33. The molecule has 1 heterocycles. The van der Waals surface area contributed by atoms with Gasteiger partial charge in [-0.05, 0) is 61.4 Å². The lowest BCUT2D eigenvalue weighted by Crippen LogP contribution is -2.32. The summed E-state index contributed by atoms with van der Waals surface area (Å²) in [5.41, 5.74) is 3.39. The Morgan fingerprint density at radius 2 is 1.63 bits per heavy atom. The molecule has 0 aromatic heterocycles. The lowest BCUT2D eigenvalue weighted by molar-refractivity contribution is -0.120. The van der Waals surface area contributed by atoms with Crippen molar-refractivity contribution in [2.75, 3.05) is 21.7 Å². The number of halogens is 2. The normalized spacial score (nSPS) is 13.4. The standard InChI is InChI=1S/C27H23Cl2N3O3/c1-3-31(20-7-5-4-6-8-20)23(33)15-18-10-12-19(13-11-18)30-25-24(29)26(34)32(27(25)35)21-14-9-17(2)22(28)16-21/h4-14,16,30H,3,15H2,1-2H3. The van der Waals surface area contributed by atoms with Gasteiger partial charge in [0.1, 0.15) is 10.7 Å². The molecule has 0 radical (unpaired) electrons. The Morgan fingerprint density at radius 3 is 2.26 bits per heavy atom. The van der Waals surface area contributed by atoms with E-state index >= 15 is 0 Å². The van der Waals surface area contributed by atoms with Crippen LogP contribution in [0.1, 0.15) is 18.1 Å². The van der Waals surface area contributed by atoms with Crippen LogP contribution in [0, 0.1) is 6.92 Å². The fourth-order valence-corrected chi connectivity index (χ4v) is 4.19. The molecule has 0 aliphatic carbocycles. The summed E-state index contributed by atoms with van der Waals surface area (Å²) in [5.74, 6) is -1.21. The smallest absolute Gasteiger partial charge is 0.283 e. The Hall–Kier alpha value is -3.61. The summed E-state index contributed by atoms with van der Waals surface area (Å²) in [6.07, 6.45) is 0.228. The predicted octanol–water partition coefficient (Wildman–Crippen LogP) is 5.68. The number of imide groups is 1. The minimum atomic E-state index is -0.623. The maximum absolute atomic E-state index is 13.0. The molecule has 0 spiro atoms. The lowest BCUT2D eigenvalue weighted by atomic mass is 10.1. The highest BCUT2D eigenvalue weighted by Gasteiger charge is 2.39. The average molecular weight is 508 g/mol. The first kappa shape index (κ1) is 24.5. The van der Waals surface area contributed by atoms with E-state index in [2.05, 4.69) is 5.32 Å². The van der Waals surface area contributed by atoms with Crippen LogP contribution in [0.5, 0.6) is 0 Å². The van der Waals surface area contributed by atoms with E-state index in [-0.39, 0.29) is 23.1 Å². The van der Waals surface area contributed by atoms with E-state index in [9.17, 15) is 14.4 Å². The van der Waals surface area contributed by atoms with Crippen LogP contribution in [0.4, 0.5) is 17.1 Å². The number of benzene rings is 3. The topological polar surface area (TPSA) is 69.7 Å². The summed E-state index contributed by atoms with van der Waals surface area (Å²) in [6, 6.07) is 21.5. The second-order valence-corrected chi connectivity index (χ2v) is 8.83. The van der Waals surface area contributed by atoms with Gasteiger partial charge in [0.2, 0.25) is 5.91 Å². The van der Waals surface area contributed by atoms with E-state index in [1.165, 1.54) is 0 Å². The highest BCUT2D eigenvalue weighted by Crippen LogP contribution is 2.32. The number of likely N-dealkylation sites (N-methyl/N-ethyl adjacent to an activating group) is 1. The Morgan fingerprint density at radius 1 is 0.943 bits per heavy atom. The van der Waals surface area contributed by atoms with Crippen molar-refractivity contribution in [2.24, 2.45) is 0 Å². The molecule has 6 nitrogen and oxygen atoms in total. The Labute approximate surface area is 213 Å². The van der Waals surface area contributed by atoms with Crippen LogP contribution in [0.25, 0.3) is 0 Å². The second kappa shape index (κ2) is 10.3. The number of nitrogens with one attached hydrogen (secondary N) is 1. The maximum atomic E-state index is 13.0. The molecule has 3 amide bonds. The number of aryl methyl sites for hydroxylation is 1. The molecule has 1 N–H and O–H groups in total. The van der Waals surface area contributed by atoms with E-state index in [0.29, 0.717) is 22.9 Å². The van der Waals surface area contributed by atoms with Crippen molar-refractivity contribution in [1.82, 2.24) is 0 Å². The number of anilines is 3. The van der Waals surface area contributed by atoms with Gasteiger partial charge in [0, 0.05) is 22.9 Å². The first-order valence-corrected chi connectivity index (χ1v) is 11.8. The predicted molar refractivity (Wildman–Crippen MR) is 140 cm³/mol. The summed E-state index contributed by atoms with van der Waals surface area (Å²) >= 11 is 12.4. The summed E-state index contributed by atoms with van der Waals surface area (Å²) < 4.78 is 0. The second-order valence-electron chi connectivity index (χ2n) is 8.04. The molecule has 8 heteroatoms. The van der Waals surface area contributed by atoms with Gasteiger partial charge < -0.3 is 10.2 Å². The van der Waals surface area contributed by atoms with Crippen molar-refractivity contribution in [3.8, 4) is 0 Å². The largest absolute Gasteiger partial charge is 0.350 e. The van der Waals surface area contributed by atoms with Crippen LogP contribution >= 0.6 is 23.2 Å². The van der Waals surface area contributed by atoms with Gasteiger partial charge in [0.15, 0.2) is 0 Å². The quantitative estimate of drug-likeness (QED) is 0.417. The molecule has 4 rings (SSSR count). The highest BCUT2D eigenvalue weighted by molar-refractivity contribution is 6.53. The Bertz CT molecular complexity index is 1320. The Kier molecular flexibility index (Phi) is 7.24. The zero-order chi connectivity index (χ0) is 25.1. The maximum Gasteiger partial charge on any atom is 0.283 e. The molecule has 0 saturated heterocycles. The summed E-state index contributed by atoms with van der Waals surface area (Å²) in [5, 5.41) is 3.19. The van der Waals surface area contributed by atoms with Crippen molar-refractivity contribution in [3.05, 3.63) is 99.7 Å². The number of carbonyl (C=O) groups is 3. The molecular weight excluding hydrogens is 485 g/mol. The van der Waals surface area contributed by atoms with Crippen molar-refractivity contribution in [2.45, 2.75) is 20.3 Å².